The lowest BCUT2D eigenvalue weighted by Gasteiger charge is -2.30. The summed E-state index contributed by atoms with van der Waals surface area (Å²) in [5.74, 6) is -14.1. The zero-order valence-corrected chi connectivity index (χ0v) is 39.3. The predicted octanol–water partition coefficient (Wildman–Crippen LogP) is -0.449. The molecular formula is C47H68N8O13. The molecule has 21 nitrogen and oxygen atoms in total. The molecule has 8 amide bonds. The van der Waals surface area contributed by atoms with Crippen molar-refractivity contribution in [1.29, 1.82) is 0 Å². The van der Waals surface area contributed by atoms with Gasteiger partial charge in [-0.2, -0.15) is 0 Å². The van der Waals surface area contributed by atoms with E-state index in [9.17, 15) is 62.6 Å². The molecule has 0 bridgehead atoms. The molecule has 0 radical (unpaired) electrons. The molecule has 0 spiro atoms. The van der Waals surface area contributed by atoms with Crippen LogP contribution in [0.3, 0.4) is 0 Å². The Bertz CT molecular complexity index is 2060. The average Bonchev–Trinajstić information content (AvgIpc) is 3.78. The van der Waals surface area contributed by atoms with E-state index >= 15 is 0 Å². The summed E-state index contributed by atoms with van der Waals surface area (Å²) < 4.78 is 0. The van der Waals surface area contributed by atoms with Crippen molar-refractivity contribution in [3.05, 3.63) is 29.8 Å². The molecule has 8 atom stereocenters. The Morgan fingerprint density at radius 3 is 2.09 bits per heavy atom. The van der Waals surface area contributed by atoms with E-state index < -0.39 is 157 Å². The standard InChI is InChI=1S/C47H68N8O13/c1-5-26(4)43-38(60)19-28(10-14-39(48)61)44(65)53-34(22-40(49)62)36(58)20-29(47(68)55-16-6-7-35(55)37(59)21-33(25(2)3)46(67)52-24-41(50)63)11-15-42(64)51-23-32(57)18-30(45(66)54-43)17-27-8-12-31(56)13-9-27/h8-9,12-13,25-26,28-30,33-35,43,56H,5-7,10-11,14-24H2,1-4H3,(H2,48,61)(H2,49,62)(H2,50,63)(H,51,64)(H,52,67)(H,53,65)(H,54,66)/t26-,28+,29+,30+,33-,34-,35-,43-/m0/s1. The molecule has 0 unspecified atom stereocenters. The smallest absolute Gasteiger partial charge is 0.236 e. The third kappa shape index (κ3) is 17.6. The minimum absolute atomic E-state index is 0.00343. The van der Waals surface area contributed by atoms with Crippen molar-refractivity contribution >= 4 is 70.4 Å². The van der Waals surface area contributed by atoms with Crippen molar-refractivity contribution in [1.82, 2.24) is 26.2 Å². The van der Waals surface area contributed by atoms with Gasteiger partial charge in [-0.1, -0.05) is 46.2 Å². The van der Waals surface area contributed by atoms with Crippen LogP contribution in [0, 0.1) is 35.5 Å². The van der Waals surface area contributed by atoms with Crippen LogP contribution >= 0.6 is 0 Å². The quantitative estimate of drug-likeness (QED) is 0.0983. The van der Waals surface area contributed by atoms with E-state index in [1.165, 1.54) is 17.0 Å². The number of amides is 8. The number of nitrogens with one attached hydrogen (secondary N) is 4. The van der Waals surface area contributed by atoms with Gasteiger partial charge in [-0.25, -0.2) is 0 Å². The van der Waals surface area contributed by atoms with Gasteiger partial charge in [0.15, 0.2) is 23.1 Å². The number of benzene rings is 1. The maximum Gasteiger partial charge on any atom is 0.236 e. The molecule has 2 saturated heterocycles. The highest BCUT2D eigenvalue weighted by molar-refractivity contribution is 5.99. The van der Waals surface area contributed by atoms with Gasteiger partial charge >= 0.3 is 0 Å². The largest absolute Gasteiger partial charge is 0.508 e. The second-order valence-corrected chi connectivity index (χ2v) is 18.4. The second kappa shape index (κ2) is 26.7. The van der Waals surface area contributed by atoms with Crippen molar-refractivity contribution in [3.8, 4) is 5.75 Å². The lowest BCUT2D eigenvalue weighted by atomic mass is 9.86. The molecule has 11 N–H and O–H groups in total. The van der Waals surface area contributed by atoms with E-state index in [0.29, 0.717) is 18.4 Å². The molecule has 1 aromatic carbocycles. The van der Waals surface area contributed by atoms with Crippen molar-refractivity contribution in [2.75, 3.05) is 19.6 Å². The summed E-state index contributed by atoms with van der Waals surface area (Å²) >= 11 is 0. The number of nitrogens with zero attached hydrogens (tertiary/aromatic N) is 1. The SMILES string of the molecule is CC[C@H](C)[C@@H]1NC(=O)[C@H](Cc2ccc(O)cc2)CC(=O)CNC(=O)CC[C@@H](C(=O)N2CCC[C@H]2C(=O)C[C@H](C(=O)NCC(N)=O)C(C)C)CC(=O)[C@H](CC(N)=O)NC(=O)[C@H](CCC(N)=O)CC1=O. The zero-order chi connectivity index (χ0) is 50.8. The van der Waals surface area contributed by atoms with Crippen LogP contribution in [0.15, 0.2) is 24.3 Å². The molecule has 3 rings (SSSR count). The molecule has 68 heavy (non-hydrogen) atoms. The summed E-state index contributed by atoms with van der Waals surface area (Å²) in [6, 6.07) is 2.08. The summed E-state index contributed by atoms with van der Waals surface area (Å²) in [7, 11) is 0. The van der Waals surface area contributed by atoms with Gasteiger partial charge in [-0.05, 0) is 61.6 Å². The average molecular weight is 953 g/mol. The second-order valence-electron chi connectivity index (χ2n) is 18.4. The number of ketones is 4. The molecule has 2 fully saturated rings. The highest BCUT2D eigenvalue weighted by Crippen LogP contribution is 2.29. The number of phenols is 1. The van der Waals surface area contributed by atoms with Gasteiger partial charge in [0, 0.05) is 68.7 Å². The molecule has 2 aliphatic heterocycles. The fraction of sp³-hybridized carbons (Fsp3) is 0.617. The van der Waals surface area contributed by atoms with Gasteiger partial charge in [-0.15, -0.1) is 0 Å². The first-order valence-corrected chi connectivity index (χ1v) is 23.2. The van der Waals surface area contributed by atoms with Crippen molar-refractivity contribution in [2.45, 2.75) is 129 Å². The van der Waals surface area contributed by atoms with E-state index in [-0.39, 0.29) is 63.2 Å². The Morgan fingerprint density at radius 2 is 1.49 bits per heavy atom. The predicted molar refractivity (Wildman–Crippen MR) is 244 cm³/mol. The van der Waals surface area contributed by atoms with Crippen LogP contribution in [0.5, 0.6) is 5.75 Å². The van der Waals surface area contributed by atoms with E-state index in [1.54, 1.807) is 39.8 Å². The summed E-state index contributed by atoms with van der Waals surface area (Å²) in [5, 5.41) is 20.0. The zero-order valence-electron chi connectivity index (χ0n) is 39.3. The maximum atomic E-state index is 14.5. The monoisotopic (exact) mass is 952 g/mol. The van der Waals surface area contributed by atoms with E-state index in [4.69, 9.17) is 17.2 Å². The molecule has 0 saturated carbocycles. The molecule has 21 heteroatoms. The Hall–Kier alpha value is -6.54. The van der Waals surface area contributed by atoms with E-state index in [2.05, 4.69) is 21.3 Å². The first-order chi connectivity index (χ1) is 32.0. The fourth-order valence-electron chi connectivity index (χ4n) is 8.49. The molecule has 374 valence electrons. The molecule has 2 aliphatic rings. The van der Waals surface area contributed by atoms with Gasteiger partial charge in [0.05, 0.1) is 37.6 Å². The number of likely N-dealkylation sites (tertiary alicyclic amines) is 1. The minimum Gasteiger partial charge on any atom is -0.508 e. The molecular weight excluding hydrogens is 885 g/mol. The number of rotatable bonds is 17. The number of nitrogens with two attached hydrogens (primary N) is 3. The molecule has 1 aromatic rings. The van der Waals surface area contributed by atoms with Gasteiger partial charge in [0.2, 0.25) is 47.3 Å². The number of carbonyl (C=O) groups excluding carboxylic acids is 12. The van der Waals surface area contributed by atoms with Crippen molar-refractivity contribution in [2.24, 2.45) is 52.7 Å². The number of phenolic OH excluding ortho intramolecular Hbond substituents is 1. The van der Waals surface area contributed by atoms with Crippen LogP contribution in [-0.2, 0) is 64.0 Å². The van der Waals surface area contributed by atoms with Crippen LogP contribution < -0.4 is 38.5 Å². The minimum atomic E-state index is -1.65. The van der Waals surface area contributed by atoms with Crippen molar-refractivity contribution < 1.29 is 62.6 Å². The highest BCUT2D eigenvalue weighted by Gasteiger charge is 2.41. The number of primary amides is 3. The molecule has 0 aliphatic carbocycles. The third-order valence-corrected chi connectivity index (χ3v) is 12.7. The van der Waals surface area contributed by atoms with Crippen LogP contribution in [0.2, 0.25) is 0 Å². The van der Waals surface area contributed by atoms with Crippen molar-refractivity contribution in [3.63, 3.8) is 0 Å². The fourth-order valence-corrected chi connectivity index (χ4v) is 8.49. The lowest BCUT2D eigenvalue weighted by Crippen LogP contribution is -2.51. The van der Waals surface area contributed by atoms with Crippen LogP contribution in [0.4, 0.5) is 0 Å². The van der Waals surface area contributed by atoms with Gasteiger partial charge in [-0.3, -0.25) is 57.5 Å². The normalized spacial score (nSPS) is 23.7. The van der Waals surface area contributed by atoms with Crippen LogP contribution in [-0.4, -0.2) is 118 Å². The first kappa shape index (κ1) is 55.8. The number of Topliss-reactive ketones (excluding diaryl/α,β-unsaturated/α-hetero) is 4. The number of aromatic hydroxyl groups is 1. The van der Waals surface area contributed by atoms with E-state index in [1.807, 2.05) is 0 Å². The topological polar surface area (TPSA) is 354 Å². The lowest BCUT2D eigenvalue weighted by molar-refractivity contribution is -0.144. The Morgan fingerprint density at radius 1 is 0.824 bits per heavy atom. The summed E-state index contributed by atoms with van der Waals surface area (Å²) in [6.07, 6.45) is -2.98. The number of hydrogen-bond acceptors (Lipinski definition) is 13. The van der Waals surface area contributed by atoms with E-state index in [0.717, 1.165) is 0 Å². The summed E-state index contributed by atoms with van der Waals surface area (Å²) in [5.41, 5.74) is 16.7. The maximum absolute atomic E-state index is 14.5. The number of hydrogen-bond donors (Lipinski definition) is 8. The highest BCUT2D eigenvalue weighted by atomic mass is 16.3. The van der Waals surface area contributed by atoms with Crippen LogP contribution in [0.25, 0.3) is 0 Å². The third-order valence-electron chi connectivity index (χ3n) is 12.7. The number of carbonyl (C=O) groups is 12. The van der Waals surface area contributed by atoms with Gasteiger partial charge < -0.3 is 48.5 Å². The summed E-state index contributed by atoms with van der Waals surface area (Å²) in [4.78, 5) is 162. The Kier molecular flexibility index (Phi) is 21.9. The molecule has 0 aromatic heterocycles. The Labute approximate surface area is 395 Å². The Balaban J connectivity index is 2.06. The summed E-state index contributed by atoms with van der Waals surface area (Å²) in [6.45, 7) is 6.01. The van der Waals surface area contributed by atoms with Gasteiger partial charge in [0.25, 0.3) is 0 Å². The first-order valence-electron chi connectivity index (χ1n) is 23.2. The molecule has 2 heterocycles. The van der Waals surface area contributed by atoms with Crippen LogP contribution in [0.1, 0.15) is 110 Å². The van der Waals surface area contributed by atoms with Gasteiger partial charge in [0.1, 0.15) is 5.75 Å².